The molecule has 21 heavy (non-hydrogen) atoms. The van der Waals surface area contributed by atoms with Gasteiger partial charge in [0.05, 0.1) is 10.1 Å². The van der Waals surface area contributed by atoms with E-state index < -0.39 is 33.0 Å². The summed E-state index contributed by atoms with van der Waals surface area (Å²) in [6.45, 7) is 4.81. The van der Waals surface area contributed by atoms with Crippen molar-refractivity contribution < 1.29 is 23.1 Å². The second kappa shape index (κ2) is 6.71. The first kappa shape index (κ1) is 17.2. The van der Waals surface area contributed by atoms with Gasteiger partial charge in [0.1, 0.15) is 6.04 Å². The average molecular weight is 313 g/mol. The van der Waals surface area contributed by atoms with Crippen LogP contribution < -0.4 is 5.32 Å². The first-order valence-electron chi connectivity index (χ1n) is 6.57. The van der Waals surface area contributed by atoms with Crippen molar-refractivity contribution >= 4 is 21.7 Å². The molecule has 0 aliphatic carbocycles. The van der Waals surface area contributed by atoms with Crippen LogP contribution in [0.15, 0.2) is 29.2 Å². The minimum atomic E-state index is -3.39. The van der Waals surface area contributed by atoms with Gasteiger partial charge in [0, 0.05) is 5.56 Å². The number of carboxylic acids is 1. The van der Waals surface area contributed by atoms with E-state index in [0.717, 1.165) is 0 Å². The summed E-state index contributed by atoms with van der Waals surface area (Å²) in [5.74, 6) is -1.65. The lowest BCUT2D eigenvalue weighted by Crippen LogP contribution is -2.40. The van der Waals surface area contributed by atoms with E-state index in [4.69, 9.17) is 5.11 Å². The van der Waals surface area contributed by atoms with Crippen molar-refractivity contribution in [3.63, 3.8) is 0 Å². The van der Waals surface area contributed by atoms with Crippen LogP contribution in [0.4, 0.5) is 0 Å². The topological polar surface area (TPSA) is 101 Å². The van der Waals surface area contributed by atoms with Gasteiger partial charge < -0.3 is 10.4 Å². The van der Waals surface area contributed by atoms with E-state index in [9.17, 15) is 18.0 Å². The van der Waals surface area contributed by atoms with Crippen LogP contribution in [0, 0.1) is 0 Å². The van der Waals surface area contributed by atoms with Crippen molar-refractivity contribution in [1.82, 2.24) is 5.32 Å². The molecule has 0 saturated heterocycles. The molecule has 1 unspecified atom stereocenters. The number of carbonyl (C=O) groups excluding carboxylic acids is 1. The van der Waals surface area contributed by atoms with Crippen LogP contribution in [-0.2, 0) is 14.6 Å². The summed E-state index contributed by atoms with van der Waals surface area (Å²) in [5.41, 5.74) is 0.220. The summed E-state index contributed by atoms with van der Waals surface area (Å²) in [6.07, 6.45) is 0.265. The van der Waals surface area contributed by atoms with Crippen LogP contribution in [0.3, 0.4) is 0 Å². The zero-order chi connectivity index (χ0) is 16.2. The van der Waals surface area contributed by atoms with Crippen LogP contribution >= 0.6 is 0 Å². The van der Waals surface area contributed by atoms with Crippen molar-refractivity contribution in [2.75, 3.05) is 0 Å². The summed E-state index contributed by atoms with van der Waals surface area (Å²) in [5, 5.41) is 10.7. The molecule has 116 valence electrons. The Morgan fingerprint density at radius 1 is 1.19 bits per heavy atom. The zero-order valence-electron chi connectivity index (χ0n) is 12.2. The van der Waals surface area contributed by atoms with Gasteiger partial charge in [0.25, 0.3) is 5.91 Å². The maximum atomic E-state index is 11.9. The van der Waals surface area contributed by atoms with Crippen molar-refractivity contribution in [2.45, 2.75) is 43.4 Å². The molecule has 1 atom stereocenters. The van der Waals surface area contributed by atoms with E-state index >= 15 is 0 Å². The summed E-state index contributed by atoms with van der Waals surface area (Å²) in [6, 6.07) is 4.49. The SMILES string of the molecule is CCC(NC(=O)c1ccc(S(=O)(=O)C(C)C)cc1)C(=O)O. The highest BCUT2D eigenvalue weighted by Crippen LogP contribution is 2.16. The van der Waals surface area contributed by atoms with E-state index in [-0.39, 0.29) is 16.9 Å². The molecule has 0 bridgehead atoms. The molecule has 1 aromatic rings. The highest BCUT2D eigenvalue weighted by atomic mass is 32.2. The predicted octanol–water partition coefficient (Wildman–Crippen LogP) is 1.46. The minimum Gasteiger partial charge on any atom is -0.480 e. The van der Waals surface area contributed by atoms with Gasteiger partial charge in [0.2, 0.25) is 0 Å². The summed E-state index contributed by atoms with van der Waals surface area (Å²) < 4.78 is 23.9. The molecular formula is C14H19NO5S. The molecule has 0 saturated carbocycles. The molecule has 1 rings (SSSR count). The first-order chi connectivity index (χ1) is 9.70. The number of carbonyl (C=O) groups is 2. The van der Waals surface area contributed by atoms with Gasteiger partial charge in [-0.25, -0.2) is 13.2 Å². The Morgan fingerprint density at radius 2 is 1.71 bits per heavy atom. The molecule has 0 heterocycles. The highest BCUT2D eigenvalue weighted by molar-refractivity contribution is 7.92. The molecule has 0 spiro atoms. The summed E-state index contributed by atoms with van der Waals surface area (Å²) in [4.78, 5) is 22.9. The standard InChI is InChI=1S/C14H19NO5S/c1-4-12(14(17)18)15-13(16)10-5-7-11(8-6-10)21(19,20)9(2)3/h5-9,12H,4H2,1-3H3,(H,15,16)(H,17,18). The molecule has 0 aliphatic rings. The second-order valence-corrected chi connectivity index (χ2v) is 7.39. The highest BCUT2D eigenvalue weighted by Gasteiger charge is 2.21. The Kier molecular flexibility index (Phi) is 5.48. The van der Waals surface area contributed by atoms with Crippen molar-refractivity contribution in [3.8, 4) is 0 Å². The van der Waals surface area contributed by atoms with Crippen LogP contribution in [0.25, 0.3) is 0 Å². The van der Waals surface area contributed by atoms with Gasteiger partial charge in [-0.15, -0.1) is 0 Å². The van der Waals surface area contributed by atoms with Crippen LogP contribution in [-0.4, -0.2) is 36.7 Å². The fourth-order valence-corrected chi connectivity index (χ4v) is 2.71. The molecular weight excluding hydrogens is 294 g/mol. The second-order valence-electron chi connectivity index (χ2n) is 4.89. The molecule has 6 nitrogen and oxygen atoms in total. The third-order valence-corrected chi connectivity index (χ3v) is 5.25. The Balaban J connectivity index is 2.93. The molecule has 1 amide bonds. The minimum absolute atomic E-state index is 0.138. The lowest BCUT2D eigenvalue weighted by molar-refractivity contribution is -0.139. The van der Waals surface area contributed by atoms with E-state index in [1.165, 1.54) is 24.3 Å². The summed E-state index contributed by atoms with van der Waals surface area (Å²) in [7, 11) is -3.39. The number of hydrogen-bond acceptors (Lipinski definition) is 4. The normalized spacial score (nSPS) is 13.0. The number of nitrogens with one attached hydrogen (secondary N) is 1. The molecule has 2 N–H and O–H groups in total. The van der Waals surface area contributed by atoms with Gasteiger partial charge in [-0.1, -0.05) is 6.92 Å². The van der Waals surface area contributed by atoms with Crippen LogP contribution in [0.2, 0.25) is 0 Å². The number of aliphatic carboxylic acids is 1. The Morgan fingerprint density at radius 3 is 2.10 bits per heavy atom. The fraction of sp³-hybridized carbons (Fsp3) is 0.429. The maximum Gasteiger partial charge on any atom is 0.326 e. The zero-order valence-corrected chi connectivity index (χ0v) is 13.0. The average Bonchev–Trinajstić information content (AvgIpc) is 2.44. The van der Waals surface area contributed by atoms with E-state index in [2.05, 4.69) is 5.32 Å². The van der Waals surface area contributed by atoms with Crippen molar-refractivity contribution in [2.24, 2.45) is 0 Å². The van der Waals surface area contributed by atoms with Crippen LogP contribution in [0.5, 0.6) is 0 Å². The van der Waals surface area contributed by atoms with Gasteiger partial charge in [-0.3, -0.25) is 4.79 Å². The lowest BCUT2D eigenvalue weighted by Gasteiger charge is -2.13. The third kappa shape index (κ3) is 4.04. The number of hydrogen-bond donors (Lipinski definition) is 2. The van der Waals surface area contributed by atoms with E-state index in [1.807, 2.05) is 0 Å². The van der Waals surface area contributed by atoms with Crippen LogP contribution in [0.1, 0.15) is 37.6 Å². The van der Waals surface area contributed by atoms with E-state index in [1.54, 1.807) is 20.8 Å². The number of carboxylic acid groups (broad SMARTS) is 1. The quantitative estimate of drug-likeness (QED) is 0.828. The van der Waals surface area contributed by atoms with E-state index in [0.29, 0.717) is 0 Å². The largest absolute Gasteiger partial charge is 0.480 e. The number of amides is 1. The van der Waals surface area contributed by atoms with Crippen molar-refractivity contribution in [1.29, 1.82) is 0 Å². The number of sulfone groups is 1. The first-order valence-corrected chi connectivity index (χ1v) is 8.12. The molecule has 0 aromatic heterocycles. The number of rotatable bonds is 6. The lowest BCUT2D eigenvalue weighted by atomic mass is 10.1. The Hall–Kier alpha value is -1.89. The molecule has 0 fully saturated rings. The predicted molar refractivity (Wildman–Crippen MR) is 77.9 cm³/mol. The molecule has 1 aromatic carbocycles. The summed E-state index contributed by atoms with van der Waals surface area (Å²) >= 11 is 0. The van der Waals surface area contributed by atoms with Gasteiger partial charge >= 0.3 is 5.97 Å². The van der Waals surface area contributed by atoms with Crippen molar-refractivity contribution in [3.05, 3.63) is 29.8 Å². The smallest absolute Gasteiger partial charge is 0.326 e. The third-order valence-electron chi connectivity index (χ3n) is 3.08. The molecule has 7 heteroatoms. The molecule has 0 aliphatic heterocycles. The Labute approximate surface area is 124 Å². The molecule has 0 radical (unpaired) electrons. The maximum absolute atomic E-state index is 11.9. The number of benzene rings is 1. The van der Waals surface area contributed by atoms with Gasteiger partial charge in [-0.2, -0.15) is 0 Å². The Bertz CT molecular complexity index is 619. The van der Waals surface area contributed by atoms with Gasteiger partial charge in [-0.05, 0) is 44.5 Å². The van der Waals surface area contributed by atoms with Gasteiger partial charge in [0.15, 0.2) is 9.84 Å². The fourth-order valence-electron chi connectivity index (χ4n) is 1.65. The monoisotopic (exact) mass is 313 g/mol.